The highest BCUT2D eigenvalue weighted by molar-refractivity contribution is 5.75. The topological polar surface area (TPSA) is 172 Å². The van der Waals surface area contributed by atoms with E-state index in [4.69, 9.17) is 23.7 Å². The molecule has 3 aliphatic carbocycles. The first-order chi connectivity index (χ1) is 22.1. The number of hydrogen-bond acceptors (Lipinski definition) is 12. The van der Waals surface area contributed by atoms with E-state index in [0.717, 1.165) is 0 Å². The van der Waals surface area contributed by atoms with Gasteiger partial charge in [0.2, 0.25) is 0 Å². The van der Waals surface area contributed by atoms with Crippen LogP contribution in [0.4, 0.5) is 0 Å². The first-order valence-corrected chi connectivity index (χ1v) is 17.4. The number of carbonyl (C=O) groups excluding carboxylic acids is 5. The first kappa shape index (κ1) is 38.1. The second kappa shape index (κ2) is 13.5. The second-order valence-electron chi connectivity index (χ2n) is 16.1. The average Bonchev–Trinajstić information content (AvgIpc) is 3.17. The van der Waals surface area contributed by atoms with E-state index >= 15 is 0 Å². The van der Waals surface area contributed by atoms with Gasteiger partial charge in [0, 0.05) is 51.9 Å². The zero-order valence-corrected chi connectivity index (χ0v) is 30.2. The Bertz CT molecular complexity index is 1270. The maximum absolute atomic E-state index is 13.6. The third-order valence-corrected chi connectivity index (χ3v) is 12.9. The van der Waals surface area contributed by atoms with E-state index in [0.29, 0.717) is 25.7 Å². The molecule has 1 aliphatic heterocycles. The predicted octanol–water partition coefficient (Wildman–Crippen LogP) is 3.90. The number of fused-ring (bicyclic) bond motifs is 5. The van der Waals surface area contributed by atoms with Gasteiger partial charge in [0.15, 0.2) is 0 Å². The molecule has 0 aromatic rings. The van der Waals surface area contributed by atoms with Crippen molar-refractivity contribution in [2.45, 2.75) is 143 Å². The average molecular weight is 681 g/mol. The van der Waals surface area contributed by atoms with E-state index in [2.05, 4.69) is 0 Å². The van der Waals surface area contributed by atoms with Crippen LogP contribution in [-0.2, 0) is 47.7 Å². The Morgan fingerprint density at radius 1 is 0.854 bits per heavy atom. The summed E-state index contributed by atoms with van der Waals surface area (Å²) in [7, 11) is 0. The maximum Gasteiger partial charge on any atom is 0.309 e. The fraction of sp³-hybridized carbons (Fsp3) is 0.861. The Morgan fingerprint density at radius 3 is 1.96 bits per heavy atom. The highest BCUT2D eigenvalue weighted by Crippen LogP contribution is 2.68. The number of hydrogen-bond donors (Lipinski definition) is 2. The van der Waals surface area contributed by atoms with Gasteiger partial charge < -0.3 is 33.9 Å². The largest absolute Gasteiger partial charge is 0.465 e. The van der Waals surface area contributed by atoms with Crippen LogP contribution < -0.4 is 0 Å². The van der Waals surface area contributed by atoms with Crippen LogP contribution in [0.1, 0.15) is 108 Å². The zero-order chi connectivity index (χ0) is 36.1. The predicted molar refractivity (Wildman–Crippen MR) is 171 cm³/mol. The quantitative estimate of drug-likeness (QED) is 0.266. The van der Waals surface area contributed by atoms with Gasteiger partial charge in [-0.3, -0.25) is 24.0 Å². The van der Waals surface area contributed by atoms with Gasteiger partial charge in [-0.2, -0.15) is 0 Å². The molecule has 2 N–H and O–H groups in total. The molecule has 0 amide bonds. The molecular weight excluding hydrogens is 624 g/mol. The maximum atomic E-state index is 13.6. The first-order valence-electron chi connectivity index (χ1n) is 17.4. The third-order valence-electron chi connectivity index (χ3n) is 12.9. The standard InChI is InChI=1S/C36H56O12/c1-18(30(47-22(5)39)31(48-23(6)40)19(2)33(7,8)42)24-12-14-36(43)27-17-44-32(41)26-15-28(45-20(3)37)29(46-21(4)38)16-34(26,9)25(27)11-13-35(24,36)10/h18-19,24-31,42-43H,11-17H2,1-10H3/t18-,19+,24+,25-,26+,27+,28-,29+,30+,31+,34+,35+,36+/m0/s1. The van der Waals surface area contributed by atoms with Gasteiger partial charge in [0.05, 0.1) is 23.7 Å². The lowest BCUT2D eigenvalue weighted by Gasteiger charge is -2.59. The Morgan fingerprint density at radius 2 is 1.42 bits per heavy atom. The molecule has 4 fully saturated rings. The molecule has 272 valence electrons. The van der Waals surface area contributed by atoms with E-state index in [9.17, 15) is 34.2 Å². The summed E-state index contributed by atoms with van der Waals surface area (Å²) in [5.74, 6) is -4.98. The number of carbonyl (C=O) groups is 5. The van der Waals surface area contributed by atoms with Crippen LogP contribution in [-0.4, -0.2) is 82.3 Å². The molecule has 48 heavy (non-hydrogen) atoms. The molecule has 13 atom stereocenters. The van der Waals surface area contributed by atoms with Crippen LogP contribution in [0.5, 0.6) is 0 Å². The van der Waals surface area contributed by atoms with Crippen molar-refractivity contribution < 1.29 is 57.9 Å². The molecule has 3 saturated carbocycles. The van der Waals surface area contributed by atoms with Gasteiger partial charge in [-0.15, -0.1) is 0 Å². The van der Waals surface area contributed by atoms with E-state index in [1.165, 1.54) is 27.7 Å². The zero-order valence-electron chi connectivity index (χ0n) is 30.2. The normalized spacial score (nSPS) is 38.7. The molecule has 4 rings (SSSR count). The minimum atomic E-state index is -1.27. The van der Waals surface area contributed by atoms with E-state index in [-0.39, 0.29) is 37.2 Å². The van der Waals surface area contributed by atoms with Crippen molar-refractivity contribution in [2.24, 2.45) is 46.3 Å². The SMILES string of the molecule is CC(=O)O[C@H]([C@@H](C)[C@H]1CC[C@@]2(O)[C@@H]3COC(=O)[C@H]4C[C@H](OC(C)=O)[C@H](OC(C)=O)C[C@]4(C)[C@H]3CC[C@]12C)[C@H](OC(C)=O)[C@@H](C)C(C)(C)O. The number of ether oxygens (including phenoxy) is 5. The Balaban J connectivity index is 1.71. The number of rotatable bonds is 9. The summed E-state index contributed by atoms with van der Waals surface area (Å²) >= 11 is 0. The van der Waals surface area contributed by atoms with Crippen LogP contribution in [0.25, 0.3) is 0 Å². The van der Waals surface area contributed by atoms with Crippen LogP contribution >= 0.6 is 0 Å². The van der Waals surface area contributed by atoms with Gasteiger partial charge >= 0.3 is 29.8 Å². The number of cyclic esters (lactones) is 1. The van der Waals surface area contributed by atoms with Gasteiger partial charge in [0.25, 0.3) is 0 Å². The van der Waals surface area contributed by atoms with Crippen molar-refractivity contribution in [1.82, 2.24) is 0 Å². The van der Waals surface area contributed by atoms with E-state index in [1.807, 2.05) is 20.8 Å². The summed E-state index contributed by atoms with van der Waals surface area (Å²) < 4.78 is 28.8. The molecule has 0 unspecified atom stereocenters. The molecule has 0 bridgehead atoms. The fourth-order valence-corrected chi connectivity index (χ4v) is 10.2. The molecular formula is C36H56O12. The van der Waals surface area contributed by atoms with Gasteiger partial charge in [-0.1, -0.05) is 27.7 Å². The fourth-order valence-electron chi connectivity index (χ4n) is 10.2. The van der Waals surface area contributed by atoms with Crippen molar-refractivity contribution in [3.8, 4) is 0 Å². The Labute approximate surface area is 283 Å². The molecule has 0 aromatic carbocycles. The molecule has 12 heteroatoms. The van der Waals surface area contributed by atoms with E-state index in [1.54, 1.807) is 20.8 Å². The van der Waals surface area contributed by atoms with Gasteiger partial charge in [-0.05, 0) is 68.6 Å². The van der Waals surface area contributed by atoms with Crippen LogP contribution in [0.3, 0.4) is 0 Å². The minimum Gasteiger partial charge on any atom is -0.465 e. The van der Waals surface area contributed by atoms with Crippen molar-refractivity contribution in [2.75, 3.05) is 6.61 Å². The minimum absolute atomic E-state index is 0.0123. The molecule has 1 heterocycles. The molecule has 1 saturated heterocycles. The summed E-state index contributed by atoms with van der Waals surface area (Å²) in [6, 6.07) is 0. The monoisotopic (exact) mass is 680 g/mol. The summed E-state index contributed by atoms with van der Waals surface area (Å²) in [6.45, 7) is 16.2. The van der Waals surface area contributed by atoms with Gasteiger partial charge in [-0.25, -0.2) is 0 Å². The van der Waals surface area contributed by atoms with Crippen LogP contribution in [0.2, 0.25) is 0 Å². The van der Waals surface area contributed by atoms with Crippen molar-refractivity contribution >= 4 is 29.8 Å². The lowest BCUT2D eigenvalue weighted by Crippen LogP contribution is -2.62. The van der Waals surface area contributed by atoms with Crippen molar-refractivity contribution in [1.29, 1.82) is 0 Å². The number of esters is 5. The molecule has 0 aromatic heterocycles. The third kappa shape index (κ3) is 6.85. The lowest BCUT2D eigenvalue weighted by atomic mass is 9.47. The second-order valence-corrected chi connectivity index (χ2v) is 16.1. The summed E-state index contributed by atoms with van der Waals surface area (Å²) in [5.41, 5.74) is -3.95. The highest BCUT2D eigenvalue weighted by atomic mass is 16.6. The Hall–Kier alpha value is -2.73. The molecule has 0 radical (unpaired) electrons. The van der Waals surface area contributed by atoms with Gasteiger partial charge in [0.1, 0.15) is 24.4 Å². The number of aliphatic hydroxyl groups is 2. The summed E-state index contributed by atoms with van der Waals surface area (Å²) in [6.07, 6.45) is -0.747. The van der Waals surface area contributed by atoms with Crippen LogP contribution in [0, 0.1) is 46.3 Å². The Kier molecular flexibility index (Phi) is 10.7. The van der Waals surface area contributed by atoms with Crippen LogP contribution in [0.15, 0.2) is 0 Å². The summed E-state index contributed by atoms with van der Waals surface area (Å²) in [4.78, 5) is 62.5. The van der Waals surface area contributed by atoms with E-state index < -0.39 is 94.0 Å². The summed E-state index contributed by atoms with van der Waals surface area (Å²) in [5, 5.41) is 23.8. The van der Waals surface area contributed by atoms with Crippen molar-refractivity contribution in [3.63, 3.8) is 0 Å². The lowest BCUT2D eigenvalue weighted by molar-refractivity contribution is -0.212. The molecule has 12 nitrogen and oxygen atoms in total. The molecule has 4 aliphatic rings. The van der Waals surface area contributed by atoms with Crippen molar-refractivity contribution in [3.05, 3.63) is 0 Å². The highest BCUT2D eigenvalue weighted by Gasteiger charge is 2.70. The molecule has 0 spiro atoms. The smallest absolute Gasteiger partial charge is 0.309 e.